The number of carbonyl (C=O) groups excluding carboxylic acids is 2. The van der Waals surface area contributed by atoms with E-state index in [1.807, 2.05) is 6.92 Å². The Morgan fingerprint density at radius 1 is 1.24 bits per heavy atom. The molecule has 1 aliphatic heterocycles. The summed E-state index contributed by atoms with van der Waals surface area (Å²) in [7, 11) is 0.852. The summed E-state index contributed by atoms with van der Waals surface area (Å²) in [6, 6.07) is 10.5. The van der Waals surface area contributed by atoms with Crippen LogP contribution in [-0.2, 0) is 17.1 Å². The molecule has 3 N–H and O–H groups in total. The van der Waals surface area contributed by atoms with Crippen LogP contribution in [0.1, 0.15) is 24.2 Å². The lowest BCUT2D eigenvalue weighted by molar-refractivity contribution is 0.0371. The van der Waals surface area contributed by atoms with E-state index >= 15 is 0 Å². The number of benzene rings is 2. The quantitative estimate of drug-likeness (QED) is 0.339. The van der Waals surface area contributed by atoms with Crippen LogP contribution in [0.2, 0.25) is 0 Å². The van der Waals surface area contributed by atoms with Crippen molar-refractivity contribution in [2.75, 3.05) is 43.9 Å². The number of sulfonamides is 1. The van der Waals surface area contributed by atoms with Crippen LogP contribution >= 0.6 is 0 Å². The minimum atomic E-state index is -4.01. The van der Waals surface area contributed by atoms with Crippen molar-refractivity contribution in [3.63, 3.8) is 0 Å². The first-order valence-electron chi connectivity index (χ1n) is 13.3. The topological polar surface area (TPSA) is 155 Å². The van der Waals surface area contributed by atoms with Crippen molar-refractivity contribution < 1.29 is 32.6 Å². The number of rotatable bonds is 9. The number of aliphatic hydroxyl groups is 1. The molecule has 0 fully saturated rings. The molecule has 13 nitrogen and oxygen atoms in total. The van der Waals surface area contributed by atoms with Gasteiger partial charge in [0.05, 0.1) is 38.2 Å². The SMILES string of the molecule is COc1ccc(NC(=O)N(C)C[C@H]2Oc3ccc(NS(=O)(=O)c4cn(C)cn4)cc3C(=O)N([C@@H](C)CO)C[C@@H]2C)cc1. The molecule has 0 aliphatic carbocycles. The van der Waals surface area contributed by atoms with Crippen molar-refractivity contribution in [3.05, 3.63) is 60.6 Å². The Labute approximate surface area is 245 Å². The molecule has 1 aromatic heterocycles. The summed E-state index contributed by atoms with van der Waals surface area (Å²) >= 11 is 0. The first-order valence-corrected chi connectivity index (χ1v) is 14.8. The van der Waals surface area contributed by atoms with Gasteiger partial charge in [-0.2, -0.15) is 8.42 Å². The number of amides is 3. The number of imidazole rings is 1. The summed E-state index contributed by atoms with van der Waals surface area (Å²) in [6.07, 6.45) is 2.20. The Bertz CT molecular complexity index is 1530. The molecule has 0 saturated heterocycles. The van der Waals surface area contributed by atoms with E-state index in [2.05, 4.69) is 15.0 Å². The van der Waals surface area contributed by atoms with E-state index in [1.54, 1.807) is 52.4 Å². The number of ether oxygens (including phenoxy) is 2. The Morgan fingerprint density at radius 3 is 2.55 bits per heavy atom. The van der Waals surface area contributed by atoms with Gasteiger partial charge in [0.2, 0.25) is 0 Å². The molecule has 2 heterocycles. The molecular weight excluding hydrogens is 564 g/mol. The number of fused-ring (bicyclic) bond motifs is 1. The van der Waals surface area contributed by atoms with Crippen LogP contribution in [0, 0.1) is 5.92 Å². The number of carbonyl (C=O) groups is 2. The van der Waals surface area contributed by atoms with Crippen molar-refractivity contribution in [3.8, 4) is 11.5 Å². The molecular formula is C28H36N6O7S. The van der Waals surface area contributed by atoms with Crippen LogP contribution < -0.4 is 19.5 Å². The molecule has 0 saturated carbocycles. The first kappa shape index (κ1) is 30.7. The molecule has 42 heavy (non-hydrogen) atoms. The maximum absolute atomic E-state index is 13.7. The fourth-order valence-electron chi connectivity index (χ4n) is 4.49. The number of hydrogen-bond acceptors (Lipinski definition) is 8. The Hall–Kier alpha value is -4.30. The molecule has 226 valence electrons. The van der Waals surface area contributed by atoms with Crippen LogP contribution in [0.4, 0.5) is 16.2 Å². The lowest BCUT2D eigenvalue weighted by Gasteiger charge is -2.38. The summed E-state index contributed by atoms with van der Waals surface area (Å²) in [5.41, 5.74) is 0.867. The monoisotopic (exact) mass is 600 g/mol. The molecule has 3 aromatic rings. The third-order valence-corrected chi connectivity index (χ3v) is 8.28. The van der Waals surface area contributed by atoms with Gasteiger partial charge in [-0.25, -0.2) is 9.78 Å². The smallest absolute Gasteiger partial charge is 0.321 e. The van der Waals surface area contributed by atoms with E-state index < -0.39 is 28.1 Å². The highest BCUT2D eigenvalue weighted by Gasteiger charge is 2.34. The van der Waals surface area contributed by atoms with Crippen molar-refractivity contribution in [2.45, 2.75) is 31.0 Å². The van der Waals surface area contributed by atoms with Gasteiger partial charge in [-0.05, 0) is 49.4 Å². The minimum Gasteiger partial charge on any atom is -0.497 e. The Morgan fingerprint density at radius 2 is 1.93 bits per heavy atom. The molecule has 3 amide bonds. The van der Waals surface area contributed by atoms with E-state index in [0.717, 1.165) is 0 Å². The Balaban J connectivity index is 1.59. The Kier molecular flexibility index (Phi) is 9.27. The van der Waals surface area contributed by atoms with Gasteiger partial charge >= 0.3 is 6.03 Å². The number of nitrogens with zero attached hydrogens (tertiary/aromatic N) is 4. The predicted octanol–water partition coefficient (Wildman–Crippen LogP) is 2.61. The number of hydrogen-bond donors (Lipinski definition) is 3. The lowest BCUT2D eigenvalue weighted by atomic mass is 9.99. The second-order valence-corrected chi connectivity index (χ2v) is 12.0. The van der Waals surface area contributed by atoms with E-state index in [1.165, 1.54) is 45.1 Å². The van der Waals surface area contributed by atoms with Gasteiger partial charge in [-0.15, -0.1) is 0 Å². The average Bonchev–Trinajstić information content (AvgIpc) is 3.42. The number of methoxy groups -OCH3 is 1. The van der Waals surface area contributed by atoms with Crippen LogP contribution in [0.15, 0.2) is 60.0 Å². The molecule has 14 heteroatoms. The largest absolute Gasteiger partial charge is 0.497 e. The van der Waals surface area contributed by atoms with Crippen LogP contribution in [0.5, 0.6) is 11.5 Å². The number of likely N-dealkylation sites (N-methyl/N-ethyl adjacent to an activating group) is 1. The van der Waals surface area contributed by atoms with Gasteiger partial charge < -0.3 is 34.3 Å². The van der Waals surface area contributed by atoms with Crippen molar-refractivity contribution in [1.29, 1.82) is 0 Å². The van der Waals surface area contributed by atoms with Crippen molar-refractivity contribution in [2.24, 2.45) is 13.0 Å². The molecule has 0 unspecified atom stereocenters. The normalized spacial score (nSPS) is 17.8. The molecule has 2 aromatic carbocycles. The minimum absolute atomic E-state index is 0.124. The van der Waals surface area contributed by atoms with Gasteiger partial charge in [0.25, 0.3) is 15.9 Å². The summed E-state index contributed by atoms with van der Waals surface area (Å²) < 4.78 is 41.2. The van der Waals surface area contributed by atoms with Crippen LogP contribution in [0.3, 0.4) is 0 Å². The third kappa shape index (κ3) is 6.94. The average molecular weight is 601 g/mol. The summed E-state index contributed by atoms with van der Waals surface area (Å²) in [5.74, 6) is 0.258. The summed E-state index contributed by atoms with van der Waals surface area (Å²) in [5, 5.41) is 12.6. The third-order valence-electron chi connectivity index (χ3n) is 7.02. The molecule has 0 spiro atoms. The first-order chi connectivity index (χ1) is 19.9. The second-order valence-electron chi connectivity index (χ2n) is 10.4. The van der Waals surface area contributed by atoms with Gasteiger partial charge in [-0.1, -0.05) is 6.92 Å². The maximum atomic E-state index is 13.7. The summed E-state index contributed by atoms with van der Waals surface area (Å²) in [4.78, 5) is 33.6. The summed E-state index contributed by atoms with van der Waals surface area (Å²) in [6.45, 7) is 3.79. The predicted molar refractivity (Wildman–Crippen MR) is 156 cm³/mol. The van der Waals surface area contributed by atoms with E-state index in [4.69, 9.17) is 9.47 Å². The maximum Gasteiger partial charge on any atom is 0.321 e. The van der Waals surface area contributed by atoms with E-state index in [-0.39, 0.29) is 53.7 Å². The van der Waals surface area contributed by atoms with Crippen LogP contribution in [0.25, 0.3) is 0 Å². The van der Waals surface area contributed by atoms with Gasteiger partial charge in [0.1, 0.15) is 17.6 Å². The molecule has 1 aliphatic rings. The molecule has 0 radical (unpaired) electrons. The van der Waals surface area contributed by atoms with E-state index in [0.29, 0.717) is 11.4 Å². The molecule has 3 atom stereocenters. The number of urea groups is 1. The lowest BCUT2D eigenvalue weighted by Crippen LogP contribution is -2.50. The second kappa shape index (κ2) is 12.7. The van der Waals surface area contributed by atoms with Crippen molar-refractivity contribution >= 4 is 33.3 Å². The highest BCUT2D eigenvalue weighted by molar-refractivity contribution is 7.92. The zero-order valence-corrected chi connectivity index (χ0v) is 25.0. The fourth-order valence-corrected chi connectivity index (χ4v) is 5.52. The van der Waals surface area contributed by atoms with E-state index in [9.17, 15) is 23.1 Å². The fraction of sp³-hybridized carbons (Fsp3) is 0.393. The number of nitrogens with one attached hydrogen (secondary N) is 2. The number of aliphatic hydroxyl groups excluding tert-OH is 1. The zero-order chi connectivity index (χ0) is 30.6. The molecule has 0 bridgehead atoms. The highest BCUT2D eigenvalue weighted by atomic mass is 32.2. The van der Waals surface area contributed by atoms with Gasteiger partial charge in [0, 0.05) is 44.1 Å². The van der Waals surface area contributed by atoms with Crippen molar-refractivity contribution in [1.82, 2.24) is 19.4 Å². The number of aromatic nitrogens is 2. The highest BCUT2D eigenvalue weighted by Crippen LogP contribution is 2.31. The standard InChI is InChI=1S/C28H36N6O7S/c1-18-13-34(19(2)16-35)27(36)23-12-21(31-42(38,39)26-15-32(3)17-29-26)8-11-24(23)41-25(18)14-33(4)28(37)30-20-6-9-22(40-5)10-7-20/h6-12,15,17-19,25,31,35H,13-14,16H2,1-5H3,(H,30,37)/t18-,19-,25+/m0/s1. The van der Waals surface area contributed by atoms with Gasteiger partial charge in [-0.3, -0.25) is 9.52 Å². The van der Waals surface area contributed by atoms with Gasteiger partial charge in [0.15, 0.2) is 5.03 Å². The number of anilines is 2. The van der Waals surface area contributed by atoms with Crippen LogP contribution in [-0.4, -0.2) is 90.8 Å². The zero-order valence-electron chi connectivity index (χ0n) is 24.1. The molecule has 4 rings (SSSR count). The number of aryl methyl sites for hydroxylation is 1.